The van der Waals surface area contributed by atoms with Crippen molar-refractivity contribution in [3.63, 3.8) is 0 Å². The first-order valence-corrected chi connectivity index (χ1v) is 9.86. The van der Waals surface area contributed by atoms with Crippen molar-refractivity contribution in [3.8, 4) is 0 Å². The fourth-order valence-corrected chi connectivity index (χ4v) is 4.69. The van der Waals surface area contributed by atoms with Crippen LogP contribution < -0.4 is 11.2 Å². The molecule has 6 nitrogen and oxygen atoms in total. The largest absolute Gasteiger partial charge is 0.336 e. The summed E-state index contributed by atoms with van der Waals surface area (Å²) in [5.74, 6) is -0.276. The molecule has 0 bridgehead atoms. The van der Waals surface area contributed by atoms with E-state index in [1.165, 1.54) is 6.07 Å². The van der Waals surface area contributed by atoms with Gasteiger partial charge in [-0.1, -0.05) is 37.5 Å². The van der Waals surface area contributed by atoms with Gasteiger partial charge in [0, 0.05) is 17.8 Å². The van der Waals surface area contributed by atoms with Crippen molar-refractivity contribution < 1.29 is 9.18 Å². The highest BCUT2D eigenvalue weighted by Crippen LogP contribution is 2.42. The number of halogens is 1. The molecule has 1 aromatic heterocycles. The number of carbonyl (C=O) groups is 1. The van der Waals surface area contributed by atoms with Gasteiger partial charge in [-0.25, -0.2) is 9.18 Å². The second kappa shape index (κ2) is 7.37. The normalized spacial score (nSPS) is 18.5. The fourth-order valence-electron chi connectivity index (χ4n) is 4.69. The van der Waals surface area contributed by atoms with E-state index in [2.05, 4.69) is 9.97 Å². The molecule has 2 aromatic rings. The minimum Gasteiger partial charge on any atom is -0.336 e. The Morgan fingerprint density at radius 3 is 2.61 bits per heavy atom. The Morgan fingerprint density at radius 2 is 1.86 bits per heavy atom. The van der Waals surface area contributed by atoms with Gasteiger partial charge in [0.25, 0.3) is 5.56 Å². The lowest BCUT2D eigenvalue weighted by atomic mass is 9.69. The van der Waals surface area contributed by atoms with Gasteiger partial charge in [-0.2, -0.15) is 0 Å². The number of fused-ring (bicyclic) bond motifs is 1. The van der Waals surface area contributed by atoms with E-state index >= 15 is 0 Å². The van der Waals surface area contributed by atoms with Crippen LogP contribution in [0.3, 0.4) is 0 Å². The predicted molar refractivity (Wildman–Crippen MR) is 102 cm³/mol. The first-order chi connectivity index (χ1) is 13.5. The number of hydrogen-bond acceptors (Lipinski definition) is 3. The number of hydrogen-bond donors (Lipinski definition) is 2. The van der Waals surface area contributed by atoms with Gasteiger partial charge in [-0.3, -0.25) is 14.6 Å². The quantitative estimate of drug-likeness (QED) is 0.850. The molecular weight excluding hydrogens is 361 g/mol. The van der Waals surface area contributed by atoms with Crippen molar-refractivity contribution in [3.05, 3.63) is 67.7 Å². The zero-order valence-corrected chi connectivity index (χ0v) is 15.7. The lowest BCUT2D eigenvalue weighted by Gasteiger charge is -2.41. The van der Waals surface area contributed by atoms with Gasteiger partial charge in [0.1, 0.15) is 5.82 Å². The maximum Gasteiger partial charge on any atom is 0.325 e. The van der Waals surface area contributed by atoms with Crippen molar-refractivity contribution in [1.82, 2.24) is 14.9 Å². The van der Waals surface area contributed by atoms with Crippen molar-refractivity contribution in [2.45, 2.75) is 51.5 Å². The summed E-state index contributed by atoms with van der Waals surface area (Å²) in [6.07, 6.45) is 5.22. The van der Waals surface area contributed by atoms with Gasteiger partial charge in [0.15, 0.2) is 0 Å². The van der Waals surface area contributed by atoms with E-state index in [1.54, 1.807) is 23.1 Å². The molecule has 0 spiro atoms. The Kier molecular flexibility index (Phi) is 4.91. The fraction of sp³-hybridized carbons (Fsp3) is 0.476. The minimum absolute atomic E-state index is 0.00207. The Bertz CT molecular complexity index is 1000. The summed E-state index contributed by atoms with van der Waals surface area (Å²) in [5.41, 5.74) is 0.0430. The number of nitrogens with one attached hydrogen (secondary N) is 2. The number of H-pyrrole nitrogens is 2. The topological polar surface area (TPSA) is 86.0 Å². The summed E-state index contributed by atoms with van der Waals surface area (Å²) < 4.78 is 14.3. The lowest BCUT2D eigenvalue weighted by molar-refractivity contribution is -0.145. The molecule has 2 aliphatic rings. The van der Waals surface area contributed by atoms with Crippen LogP contribution in [0.2, 0.25) is 0 Å². The van der Waals surface area contributed by atoms with Crippen LogP contribution >= 0.6 is 0 Å². The molecule has 28 heavy (non-hydrogen) atoms. The van der Waals surface area contributed by atoms with E-state index in [1.807, 2.05) is 0 Å². The van der Waals surface area contributed by atoms with E-state index in [-0.39, 0.29) is 23.8 Å². The summed E-state index contributed by atoms with van der Waals surface area (Å²) in [5, 5.41) is 0. The van der Waals surface area contributed by atoms with Gasteiger partial charge >= 0.3 is 5.69 Å². The molecule has 1 aliphatic carbocycles. The average Bonchev–Trinajstić information content (AvgIpc) is 2.69. The highest BCUT2D eigenvalue weighted by atomic mass is 19.1. The van der Waals surface area contributed by atoms with Crippen LogP contribution in [-0.2, 0) is 24.2 Å². The van der Waals surface area contributed by atoms with Crippen molar-refractivity contribution in [2.75, 3.05) is 6.54 Å². The summed E-state index contributed by atoms with van der Waals surface area (Å²) in [4.78, 5) is 43.8. The van der Waals surface area contributed by atoms with Crippen molar-refractivity contribution >= 4 is 5.91 Å². The summed E-state index contributed by atoms with van der Waals surface area (Å²) in [6.45, 7) is 0.645. The third-order valence-corrected chi connectivity index (χ3v) is 6.15. The molecule has 0 saturated heterocycles. The Balaban J connectivity index is 1.64. The van der Waals surface area contributed by atoms with Crippen LogP contribution in [0.15, 0.2) is 33.9 Å². The predicted octanol–water partition coefficient (Wildman–Crippen LogP) is 2.28. The number of nitrogens with zero attached hydrogens (tertiary/aromatic N) is 1. The molecule has 148 valence electrons. The first kappa shape index (κ1) is 18.7. The number of rotatable bonds is 3. The van der Waals surface area contributed by atoms with Gasteiger partial charge in [0.2, 0.25) is 5.91 Å². The number of benzene rings is 1. The SMILES string of the molecule is O=C(N1CCc2c([nH]c(=O)[nH]c2=O)C1)C1(Cc2ccccc2F)CCCCC1. The molecule has 4 rings (SSSR count). The maximum absolute atomic E-state index is 14.3. The summed E-state index contributed by atoms with van der Waals surface area (Å²) in [7, 11) is 0. The molecule has 1 fully saturated rings. The standard InChI is InChI=1S/C21H24FN3O3/c22-16-7-3-2-6-14(16)12-21(9-4-1-5-10-21)19(27)25-11-8-15-17(13-25)23-20(28)24-18(15)26/h2-3,6-7H,1,4-5,8-13H2,(H2,23,24,26,28). The molecule has 1 saturated carbocycles. The van der Waals surface area contributed by atoms with Gasteiger partial charge in [-0.15, -0.1) is 0 Å². The summed E-state index contributed by atoms with van der Waals surface area (Å²) >= 11 is 0. The van der Waals surface area contributed by atoms with Crippen LogP contribution in [0.25, 0.3) is 0 Å². The number of carbonyl (C=O) groups excluding carboxylic acids is 1. The maximum atomic E-state index is 14.3. The molecule has 1 aliphatic heterocycles. The van der Waals surface area contributed by atoms with Crippen LogP contribution in [0, 0.1) is 11.2 Å². The third kappa shape index (κ3) is 3.41. The molecule has 0 radical (unpaired) electrons. The molecule has 2 N–H and O–H groups in total. The Morgan fingerprint density at radius 1 is 1.11 bits per heavy atom. The Labute approximate surface area is 161 Å². The van der Waals surface area contributed by atoms with Crippen molar-refractivity contribution in [1.29, 1.82) is 0 Å². The minimum atomic E-state index is -0.626. The number of amides is 1. The molecule has 0 atom stereocenters. The molecule has 1 aromatic carbocycles. The molecular formula is C21H24FN3O3. The van der Waals surface area contributed by atoms with Crippen LogP contribution in [0.5, 0.6) is 0 Å². The lowest BCUT2D eigenvalue weighted by Crippen LogP contribution is -2.49. The Hall–Kier alpha value is -2.70. The van der Waals surface area contributed by atoms with Gasteiger partial charge < -0.3 is 9.88 Å². The zero-order chi connectivity index (χ0) is 19.7. The van der Waals surface area contributed by atoms with Crippen LogP contribution in [0.4, 0.5) is 4.39 Å². The van der Waals surface area contributed by atoms with E-state index in [4.69, 9.17) is 0 Å². The van der Waals surface area contributed by atoms with Gasteiger partial charge in [0.05, 0.1) is 12.0 Å². The molecule has 2 heterocycles. The molecule has 0 unspecified atom stereocenters. The zero-order valence-electron chi connectivity index (χ0n) is 15.7. The van der Waals surface area contributed by atoms with Gasteiger partial charge in [-0.05, 0) is 37.3 Å². The first-order valence-electron chi connectivity index (χ1n) is 9.86. The van der Waals surface area contributed by atoms with Crippen LogP contribution in [0.1, 0.15) is 48.9 Å². The highest BCUT2D eigenvalue weighted by molar-refractivity contribution is 5.83. The summed E-state index contributed by atoms with van der Waals surface area (Å²) in [6, 6.07) is 6.64. The number of aromatic amines is 2. The van der Waals surface area contributed by atoms with E-state index in [0.717, 1.165) is 32.1 Å². The smallest absolute Gasteiger partial charge is 0.325 e. The molecule has 1 amide bonds. The highest BCUT2D eigenvalue weighted by Gasteiger charge is 2.43. The van der Waals surface area contributed by atoms with E-state index < -0.39 is 11.1 Å². The van der Waals surface area contributed by atoms with Crippen LogP contribution in [-0.4, -0.2) is 27.3 Å². The molecule has 7 heteroatoms. The monoisotopic (exact) mass is 385 g/mol. The average molecular weight is 385 g/mol. The second-order valence-electron chi connectivity index (χ2n) is 7.95. The second-order valence-corrected chi connectivity index (χ2v) is 7.95. The van der Waals surface area contributed by atoms with Crippen molar-refractivity contribution in [2.24, 2.45) is 5.41 Å². The van der Waals surface area contributed by atoms with E-state index in [9.17, 15) is 18.8 Å². The third-order valence-electron chi connectivity index (χ3n) is 6.15. The number of aromatic nitrogens is 2. The van der Waals surface area contributed by atoms with E-state index in [0.29, 0.717) is 36.2 Å².